The Morgan fingerprint density at radius 2 is 0.938 bits per heavy atom. The lowest BCUT2D eigenvalue weighted by Crippen LogP contribution is -1.78. The van der Waals surface area contributed by atoms with Gasteiger partial charge in [-0.05, 0) is 35.1 Å². The van der Waals surface area contributed by atoms with Crippen molar-refractivity contribution in [1.82, 2.24) is 0 Å². The van der Waals surface area contributed by atoms with Crippen LogP contribution in [-0.2, 0) is 0 Å². The second-order valence-corrected chi connectivity index (χ2v) is 4.37. The second-order valence-electron chi connectivity index (χ2n) is 4.37. The van der Waals surface area contributed by atoms with Crippen molar-refractivity contribution in [1.29, 1.82) is 0 Å². The number of hydrogen-bond acceptors (Lipinski definition) is 0. The molecule has 0 unspecified atom stereocenters. The Balaban J connectivity index is 1.97. The fraction of sp³-hybridized carbons (Fsp3) is 0.125. The summed E-state index contributed by atoms with van der Waals surface area (Å²) in [5, 5.41) is 0. The second kappa shape index (κ2) is 3.97. The summed E-state index contributed by atoms with van der Waals surface area (Å²) >= 11 is 0. The molecule has 16 heavy (non-hydrogen) atoms. The van der Waals surface area contributed by atoms with Crippen molar-refractivity contribution < 1.29 is 0 Å². The largest absolute Gasteiger partial charge is 0.0617 e. The van der Waals surface area contributed by atoms with Crippen molar-refractivity contribution >= 4 is 0 Å². The highest BCUT2D eigenvalue weighted by Gasteiger charge is 2.05. The van der Waals surface area contributed by atoms with E-state index < -0.39 is 0 Å². The number of fused-ring (bicyclic) bond motifs is 4. The normalized spacial score (nSPS) is 22.0. The van der Waals surface area contributed by atoms with Crippen LogP contribution in [0.15, 0.2) is 83.1 Å². The maximum Gasteiger partial charge on any atom is -0.00258 e. The van der Waals surface area contributed by atoms with Crippen LogP contribution in [-0.4, -0.2) is 0 Å². The molecule has 0 aliphatic heterocycles. The molecule has 0 aromatic rings. The fourth-order valence-corrected chi connectivity index (χ4v) is 2.18. The highest BCUT2D eigenvalue weighted by Crippen LogP contribution is 2.25. The highest BCUT2D eigenvalue weighted by molar-refractivity contribution is 5.47. The van der Waals surface area contributed by atoms with Gasteiger partial charge in [0.15, 0.2) is 0 Å². The summed E-state index contributed by atoms with van der Waals surface area (Å²) in [6.07, 6.45) is 24.1. The summed E-state index contributed by atoms with van der Waals surface area (Å²) in [7, 11) is 0. The average Bonchev–Trinajstić information content (AvgIpc) is 2.88. The molecule has 3 aliphatic carbocycles. The van der Waals surface area contributed by atoms with Gasteiger partial charge in [-0.1, -0.05) is 60.8 Å². The lowest BCUT2D eigenvalue weighted by molar-refractivity contribution is 1.24. The molecule has 0 spiro atoms. The third kappa shape index (κ3) is 1.92. The predicted molar refractivity (Wildman–Crippen MR) is 69.0 cm³/mol. The van der Waals surface area contributed by atoms with E-state index in [2.05, 4.69) is 60.8 Å². The first-order valence-electron chi connectivity index (χ1n) is 5.72. The Morgan fingerprint density at radius 3 is 1.44 bits per heavy atom. The Morgan fingerprint density at radius 1 is 0.500 bits per heavy atom. The van der Waals surface area contributed by atoms with Crippen molar-refractivity contribution in [3.05, 3.63) is 83.1 Å². The van der Waals surface area contributed by atoms with Crippen LogP contribution in [0, 0.1) is 0 Å². The number of rotatable bonds is 0. The van der Waals surface area contributed by atoms with Gasteiger partial charge in [0, 0.05) is 0 Å². The molecule has 0 heterocycles. The zero-order valence-corrected chi connectivity index (χ0v) is 9.19. The molecular formula is C16H14. The van der Waals surface area contributed by atoms with Gasteiger partial charge in [0.1, 0.15) is 0 Å². The van der Waals surface area contributed by atoms with Crippen molar-refractivity contribution in [2.75, 3.05) is 0 Å². The van der Waals surface area contributed by atoms with E-state index in [4.69, 9.17) is 0 Å². The number of hydrogen-bond donors (Lipinski definition) is 0. The molecule has 0 atom stereocenters. The number of allylic oxidation sites excluding steroid dienone is 14. The summed E-state index contributed by atoms with van der Waals surface area (Å²) in [5.74, 6) is 0. The van der Waals surface area contributed by atoms with Crippen LogP contribution in [0.1, 0.15) is 12.8 Å². The third-order valence-corrected chi connectivity index (χ3v) is 3.08. The first-order chi connectivity index (χ1) is 7.90. The summed E-state index contributed by atoms with van der Waals surface area (Å²) < 4.78 is 0. The maximum absolute atomic E-state index is 2.21. The van der Waals surface area contributed by atoms with Gasteiger partial charge in [-0.2, -0.15) is 0 Å². The Bertz CT molecular complexity index is 468. The molecule has 0 heteroatoms. The standard InChI is InChI=1S/C16H14/c1-3-13-7-9-15(11-13)5-2-6-16-10-8-14(4-1)12-16/h1-10H,11-12H2. The van der Waals surface area contributed by atoms with Crippen molar-refractivity contribution in [2.45, 2.75) is 12.8 Å². The van der Waals surface area contributed by atoms with E-state index in [1.54, 1.807) is 0 Å². The first kappa shape index (κ1) is 9.41. The molecule has 0 saturated heterocycles. The molecule has 0 aromatic heterocycles. The highest BCUT2D eigenvalue weighted by atomic mass is 14.1. The average molecular weight is 206 g/mol. The SMILES string of the molecule is C1=CC2=CC=C(C=CC=C3C=CC(=C1)C3)C2. The third-order valence-electron chi connectivity index (χ3n) is 3.08. The minimum Gasteiger partial charge on any atom is -0.0617 e. The molecule has 0 nitrogen and oxygen atoms in total. The fourth-order valence-electron chi connectivity index (χ4n) is 2.18. The molecule has 0 N–H and O–H groups in total. The van der Waals surface area contributed by atoms with E-state index in [-0.39, 0.29) is 0 Å². The van der Waals surface area contributed by atoms with E-state index in [1.807, 2.05) is 0 Å². The summed E-state index contributed by atoms with van der Waals surface area (Å²) in [5.41, 5.74) is 5.57. The van der Waals surface area contributed by atoms with E-state index in [1.165, 1.54) is 22.3 Å². The minimum atomic E-state index is 1.06. The van der Waals surface area contributed by atoms with Gasteiger partial charge in [-0.3, -0.25) is 0 Å². The summed E-state index contributed by atoms with van der Waals surface area (Å²) in [6, 6.07) is 0. The van der Waals surface area contributed by atoms with E-state index in [9.17, 15) is 0 Å². The molecule has 0 amide bonds. The molecule has 4 bridgehead atoms. The molecule has 0 saturated carbocycles. The quantitative estimate of drug-likeness (QED) is 0.557. The first-order valence-corrected chi connectivity index (χ1v) is 5.72. The van der Waals surface area contributed by atoms with Gasteiger partial charge in [0.25, 0.3) is 0 Å². The maximum atomic E-state index is 2.21. The van der Waals surface area contributed by atoms with E-state index in [0.29, 0.717) is 0 Å². The minimum absolute atomic E-state index is 1.06. The molecule has 0 radical (unpaired) electrons. The Labute approximate surface area is 96.4 Å². The van der Waals surface area contributed by atoms with Crippen LogP contribution < -0.4 is 0 Å². The van der Waals surface area contributed by atoms with Crippen LogP contribution in [0.4, 0.5) is 0 Å². The smallest absolute Gasteiger partial charge is 0.00258 e. The zero-order chi connectivity index (χ0) is 10.8. The van der Waals surface area contributed by atoms with Gasteiger partial charge in [-0.25, -0.2) is 0 Å². The topological polar surface area (TPSA) is 0 Å². The lowest BCUT2D eigenvalue weighted by Gasteiger charge is -1.97. The van der Waals surface area contributed by atoms with Crippen LogP contribution in [0.3, 0.4) is 0 Å². The van der Waals surface area contributed by atoms with E-state index >= 15 is 0 Å². The van der Waals surface area contributed by atoms with Gasteiger partial charge in [0.05, 0.1) is 0 Å². The van der Waals surface area contributed by atoms with Gasteiger partial charge in [0.2, 0.25) is 0 Å². The molecule has 0 fully saturated rings. The van der Waals surface area contributed by atoms with Crippen molar-refractivity contribution in [3.63, 3.8) is 0 Å². The van der Waals surface area contributed by atoms with Crippen LogP contribution in [0.2, 0.25) is 0 Å². The molecule has 78 valence electrons. The zero-order valence-electron chi connectivity index (χ0n) is 9.19. The van der Waals surface area contributed by atoms with Crippen LogP contribution in [0.5, 0.6) is 0 Å². The molecular weight excluding hydrogens is 192 g/mol. The summed E-state index contributed by atoms with van der Waals surface area (Å²) in [6.45, 7) is 0. The Kier molecular flexibility index (Phi) is 2.34. The van der Waals surface area contributed by atoms with Gasteiger partial charge < -0.3 is 0 Å². The Hall–Kier alpha value is -1.82. The van der Waals surface area contributed by atoms with E-state index in [0.717, 1.165) is 12.8 Å². The molecule has 0 aromatic carbocycles. The van der Waals surface area contributed by atoms with Crippen molar-refractivity contribution in [2.24, 2.45) is 0 Å². The van der Waals surface area contributed by atoms with Crippen LogP contribution in [0.25, 0.3) is 0 Å². The van der Waals surface area contributed by atoms with Gasteiger partial charge in [-0.15, -0.1) is 0 Å². The molecule has 3 aliphatic rings. The van der Waals surface area contributed by atoms with Gasteiger partial charge >= 0.3 is 0 Å². The van der Waals surface area contributed by atoms with Crippen molar-refractivity contribution in [3.8, 4) is 0 Å². The monoisotopic (exact) mass is 206 g/mol. The summed E-state index contributed by atoms with van der Waals surface area (Å²) in [4.78, 5) is 0. The van der Waals surface area contributed by atoms with Crippen LogP contribution >= 0.6 is 0 Å². The lowest BCUT2D eigenvalue weighted by atomic mass is 10.1. The predicted octanol–water partition coefficient (Wildman–Crippen LogP) is 4.18. The molecule has 3 rings (SSSR count).